The normalized spacial score (nSPS) is 12.9. The highest BCUT2D eigenvalue weighted by atomic mass is 79.9. The van der Waals surface area contributed by atoms with Crippen molar-refractivity contribution in [1.29, 1.82) is 0 Å². The second-order valence-electron chi connectivity index (χ2n) is 3.18. The molecule has 1 heterocycles. The molecular formula is C10H13Br2NO. The maximum absolute atomic E-state index is 9.82. The molecule has 1 rings (SSSR count). The van der Waals surface area contributed by atoms with Crippen LogP contribution in [-0.2, 0) is 0 Å². The summed E-state index contributed by atoms with van der Waals surface area (Å²) in [6.07, 6.45) is 4.12. The lowest BCUT2D eigenvalue weighted by atomic mass is 10.1. The second-order valence-corrected chi connectivity index (χ2v) is 4.95. The van der Waals surface area contributed by atoms with E-state index in [9.17, 15) is 5.11 Å². The van der Waals surface area contributed by atoms with Gasteiger partial charge in [0.1, 0.15) is 0 Å². The Balaban J connectivity index is 2.74. The summed E-state index contributed by atoms with van der Waals surface area (Å²) >= 11 is 6.71. The summed E-state index contributed by atoms with van der Waals surface area (Å²) in [7, 11) is 0. The fourth-order valence-electron chi connectivity index (χ4n) is 1.20. The zero-order valence-electron chi connectivity index (χ0n) is 8.00. The molecule has 1 aromatic heterocycles. The van der Waals surface area contributed by atoms with Crippen molar-refractivity contribution in [1.82, 2.24) is 4.98 Å². The van der Waals surface area contributed by atoms with Crippen LogP contribution in [0.15, 0.2) is 21.2 Å². The number of aromatic nitrogens is 1. The molecule has 1 atom stereocenters. The lowest BCUT2D eigenvalue weighted by Crippen LogP contribution is -2.01. The molecule has 0 fully saturated rings. The van der Waals surface area contributed by atoms with Crippen LogP contribution < -0.4 is 0 Å². The van der Waals surface area contributed by atoms with E-state index in [2.05, 4.69) is 43.8 Å². The molecule has 0 amide bonds. The molecule has 1 aromatic rings. The average molecular weight is 323 g/mol. The summed E-state index contributed by atoms with van der Waals surface area (Å²) in [5, 5.41) is 9.82. The molecule has 0 aliphatic carbocycles. The maximum atomic E-state index is 9.82. The Bertz CT molecular complexity index is 304. The lowest BCUT2D eigenvalue weighted by molar-refractivity contribution is 0.159. The zero-order valence-corrected chi connectivity index (χ0v) is 11.2. The van der Waals surface area contributed by atoms with Gasteiger partial charge in [0.15, 0.2) is 0 Å². The highest BCUT2D eigenvalue weighted by molar-refractivity contribution is 9.11. The number of hydrogen-bond donors (Lipinski definition) is 1. The van der Waals surface area contributed by atoms with Crippen LogP contribution in [0.25, 0.3) is 0 Å². The predicted molar refractivity (Wildman–Crippen MR) is 64.1 cm³/mol. The Labute approximate surface area is 101 Å². The number of nitrogens with zero attached hydrogens (tertiary/aromatic N) is 1. The fourth-order valence-corrected chi connectivity index (χ4v) is 2.46. The smallest absolute Gasteiger partial charge is 0.0971 e. The standard InChI is InChI=1S/C10H13Br2NO/c1-2-3-4-9(14)10-8(12)5-7(11)6-13-10/h5-6,9,14H,2-4H2,1H3. The van der Waals surface area contributed by atoms with Gasteiger partial charge in [-0.15, -0.1) is 0 Å². The topological polar surface area (TPSA) is 33.1 Å². The van der Waals surface area contributed by atoms with Gasteiger partial charge in [-0.1, -0.05) is 19.8 Å². The molecule has 78 valence electrons. The van der Waals surface area contributed by atoms with Gasteiger partial charge in [0.2, 0.25) is 0 Å². The monoisotopic (exact) mass is 321 g/mol. The van der Waals surface area contributed by atoms with E-state index < -0.39 is 6.10 Å². The molecule has 0 aliphatic heterocycles. The van der Waals surface area contributed by atoms with Crippen molar-refractivity contribution in [2.24, 2.45) is 0 Å². The van der Waals surface area contributed by atoms with E-state index in [4.69, 9.17) is 0 Å². The van der Waals surface area contributed by atoms with Crippen LogP contribution in [0.2, 0.25) is 0 Å². The van der Waals surface area contributed by atoms with Crippen LogP contribution in [0, 0.1) is 0 Å². The third-order valence-electron chi connectivity index (χ3n) is 1.98. The molecule has 0 aromatic carbocycles. The van der Waals surface area contributed by atoms with Crippen molar-refractivity contribution in [2.75, 3.05) is 0 Å². The average Bonchev–Trinajstić information content (AvgIpc) is 2.14. The van der Waals surface area contributed by atoms with Gasteiger partial charge >= 0.3 is 0 Å². The maximum Gasteiger partial charge on any atom is 0.0971 e. The van der Waals surface area contributed by atoms with Crippen molar-refractivity contribution < 1.29 is 5.11 Å². The van der Waals surface area contributed by atoms with Gasteiger partial charge in [0.05, 0.1) is 11.8 Å². The van der Waals surface area contributed by atoms with Gasteiger partial charge < -0.3 is 5.11 Å². The molecule has 4 heteroatoms. The minimum atomic E-state index is -0.461. The van der Waals surface area contributed by atoms with E-state index >= 15 is 0 Å². The van der Waals surface area contributed by atoms with Crippen molar-refractivity contribution >= 4 is 31.9 Å². The summed E-state index contributed by atoms with van der Waals surface area (Å²) in [5.74, 6) is 0. The molecule has 2 nitrogen and oxygen atoms in total. The van der Waals surface area contributed by atoms with E-state index in [1.165, 1.54) is 0 Å². The van der Waals surface area contributed by atoms with Gasteiger partial charge in [-0.05, 0) is 44.3 Å². The summed E-state index contributed by atoms with van der Waals surface area (Å²) in [5.41, 5.74) is 0.724. The van der Waals surface area contributed by atoms with Crippen LogP contribution in [0.3, 0.4) is 0 Å². The predicted octanol–water partition coefficient (Wildman–Crippen LogP) is 3.83. The molecule has 1 N–H and O–H groups in total. The highest BCUT2D eigenvalue weighted by Crippen LogP contribution is 2.27. The van der Waals surface area contributed by atoms with Crippen LogP contribution in [-0.4, -0.2) is 10.1 Å². The minimum absolute atomic E-state index is 0.461. The Morgan fingerprint density at radius 3 is 2.79 bits per heavy atom. The Kier molecular flexibility index (Phi) is 5.06. The first-order chi connectivity index (χ1) is 6.65. The van der Waals surface area contributed by atoms with Gasteiger partial charge in [-0.25, -0.2) is 0 Å². The van der Waals surface area contributed by atoms with E-state index in [0.29, 0.717) is 0 Å². The van der Waals surface area contributed by atoms with Crippen LogP contribution >= 0.6 is 31.9 Å². The molecule has 0 aliphatic rings. The van der Waals surface area contributed by atoms with Crippen molar-refractivity contribution in [3.8, 4) is 0 Å². The first-order valence-electron chi connectivity index (χ1n) is 4.64. The summed E-state index contributed by atoms with van der Waals surface area (Å²) in [6.45, 7) is 2.11. The molecular weight excluding hydrogens is 310 g/mol. The van der Waals surface area contributed by atoms with Crippen molar-refractivity contribution in [3.63, 3.8) is 0 Å². The molecule has 0 radical (unpaired) electrons. The number of unbranched alkanes of at least 4 members (excludes halogenated alkanes) is 1. The number of hydrogen-bond acceptors (Lipinski definition) is 2. The van der Waals surface area contributed by atoms with E-state index in [0.717, 1.165) is 33.9 Å². The zero-order chi connectivity index (χ0) is 10.6. The van der Waals surface area contributed by atoms with Gasteiger partial charge in [-0.3, -0.25) is 4.98 Å². The Hall–Kier alpha value is 0.0700. The van der Waals surface area contributed by atoms with E-state index in [-0.39, 0.29) is 0 Å². The minimum Gasteiger partial charge on any atom is -0.387 e. The molecule has 0 bridgehead atoms. The van der Waals surface area contributed by atoms with Crippen LogP contribution in [0.4, 0.5) is 0 Å². The Morgan fingerprint density at radius 1 is 1.50 bits per heavy atom. The molecule has 14 heavy (non-hydrogen) atoms. The second kappa shape index (κ2) is 5.83. The third-order valence-corrected chi connectivity index (χ3v) is 3.05. The molecule has 0 spiro atoms. The fraction of sp³-hybridized carbons (Fsp3) is 0.500. The first kappa shape index (κ1) is 12.1. The number of pyridine rings is 1. The first-order valence-corrected chi connectivity index (χ1v) is 6.22. The molecule has 0 saturated heterocycles. The highest BCUT2D eigenvalue weighted by Gasteiger charge is 2.12. The summed E-state index contributed by atoms with van der Waals surface area (Å²) < 4.78 is 1.77. The Morgan fingerprint density at radius 2 is 2.21 bits per heavy atom. The summed E-state index contributed by atoms with van der Waals surface area (Å²) in [4.78, 5) is 4.19. The number of rotatable bonds is 4. The quantitative estimate of drug-likeness (QED) is 0.913. The summed E-state index contributed by atoms with van der Waals surface area (Å²) in [6, 6.07) is 1.90. The van der Waals surface area contributed by atoms with Crippen LogP contribution in [0.5, 0.6) is 0 Å². The number of halogens is 2. The molecule has 1 unspecified atom stereocenters. The van der Waals surface area contributed by atoms with E-state index in [1.807, 2.05) is 6.07 Å². The van der Waals surface area contributed by atoms with Gasteiger partial charge in [0, 0.05) is 15.1 Å². The van der Waals surface area contributed by atoms with Gasteiger partial charge in [-0.2, -0.15) is 0 Å². The SMILES string of the molecule is CCCCC(O)c1ncc(Br)cc1Br. The largest absolute Gasteiger partial charge is 0.387 e. The van der Waals surface area contributed by atoms with Crippen molar-refractivity contribution in [2.45, 2.75) is 32.3 Å². The van der Waals surface area contributed by atoms with Gasteiger partial charge in [0.25, 0.3) is 0 Å². The number of aliphatic hydroxyl groups excluding tert-OH is 1. The lowest BCUT2D eigenvalue weighted by Gasteiger charge is -2.11. The number of aliphatic hydroxyl groups is 1. The van der Waals surface area contributed by atoms with Crippen molar-refractivity contribution in [3.05, 3.63) is 26.9 Å². The third kappa shape index (κ3) is 3.33. The van der Waals surface area contributed by atoms with E-state index in [1.54, 1.807) is 6.20 Å². The van der Waals surface area contributed by atoms with Crippen LogP contribution in [0.1, 0.15) is 38.0 Å². The molecule has 0 saturated carbocycles.